The Kier molecular flexibility index (Phi) is 6.73. The van der Waals surface area contributed by atoms with Gasteiger partial charge in [0.25, 0.3) is 0 Å². The topological polar surface area (TPSA) is 70.2 Å². The molecule has 1 atom stereocenters. The number of anilines is 3. The molecule has 8 nitrogen and oxygen atoms in total. The van der Waals surface area contributed by atoms with Crippen LogP contribution in [-0.2, 0) is 9.53 Å². The van der Waals surface area contributed by atoms with Gasteiger partial charge in [-0.15, -0.1) is 6.42 Å². The van der Waals surface area contributed by atoms with Crippen LogP contribution < -0.4 is 15.0 Å². The van der Waals surface area contributed by atoms with Crippen LogP contribution in [0.15, 0.2) is 37.1 Å². The van der Waals surface area contributed by atoms with Gasteiger partial charge >= 0.3 is 0 Å². The molecule has 1 aromatic heterocycles. The first-order valence-electron chi connectivity index (χ1n) is 13.6. The molecule has 2 aromatic rings. The van der Waals surface area contributed by atoms with Crippen LogP contribution in [-0.4, -0.2) is 79.2 Å². The summed E-state index contributed by atoms with van der Waals surface area (Å²) in [4.78, 5) is 23.2. The van der Waals surface area contributed by atoms with Gasteiger partial charge < -0.3 is 24.6 Å². The third-order valence-corrected chi connectivity index (χ3v) is 8.42. The molecular weight excluding hydrogens is 478 g/mol. The van der Waals surface area contributed by atoms with E-state index in [0.29, 0.717) is 12.0 Å². The van der Waals surface area contributed by atoms with Crippen LogP contribution in [0.5, 0.6) is 5.75 Å². The first-order valence-corrected chi connectivity index (χ1v) is 13.6. The molecule has 8 heteroatoms. The van der Waals surface area contributed by atoms with E-state index >= 15 is 0 Å². The van der Waals surface area contributed by atoms with Crippen molar-refractivity contribution in [1.29, 1.82) is 0 Å². The van der Waals surface area contributed by atoms with Gasteiger partial charge in [0, 0.05) is 49.7 Å². The summed E-state index contributed by atoms with van der Waals surface area (Å²) in [6.45, 7) is 12.4. The van der Waals surface area contributed by atoms with Gasteiger partial charge in [-0.05, 0) is 68.6 Å². The Balaban J connectivity index is 1.22. The van der Waals surface area contributed by atoms with E-state index in [1.165, 1.54) is 11.6 Å². The molecule has 0 saturated carbocycles. The number of likely N-dealkylation sites (tertiary alicyclic amines) is 2. The summed E-state index contributed by atoms with van der Waals surface area (Å²) in [5.74, 6) is 4.93. The monoisotopic (exact) mass is 513 g/mol. The Morgan fingerprint density at radius 2 is 1.97 bits per heavy atom. The number of rotatable bonds is 4. The molecule has 0 unspecified atom stereocenters. The van der Waals surface area contributed by atoms with Crippen molar-refractivity contribution < 1.29 is 14.3 Å². The number of morpholine rings is 1. The highest BCUT2D eigenvalue weighted by molar-refractivity contribution is 5.87. The predicted molar refractivity (Wildman–Crippen MR) is 148 cm³/mol. The Bertz CT molecular complexity index is 1270. The van der Waals surface area contributed by atoms with Crippen molar-refractivity contribution in [2.24, 2.45) is 0 Å². The van der Waals surface area contributed by atoms with Crippen LogP contribution >= 0.6 is 0 Å². The first kappa shape index (κ1) is 24.8. The van der Waals surface area contributed by atoms with Gasteiger partial charge in [-0.1, -0.05) is 12.5 Å². The van der Waals surface area contributed by atoms with Gasteiger partial charge in [-0.3, -0.25) is 9.69 Å². The third kappa shape index (κ3) is 4.50. The fourth-order valence-corrected chi connectivity index (χ4v) is 6.25. The molecule has 0 radical (unpaired) electrons. The zero-order valence-corrected chi connectivity index (χ0v) is 22.0. The van der Waals surface area contributed by atoms with Crippen LogP contribution in [0.3, 0.4) is 0 Å². The number of pyridine rings is 1. The second kappa shape index (κ2) is 10.3. The zero-order chi connectivity index (χ0) is 26.2. The van der Waals surface area contributed by atoms with Gasteiger partial charge in [0.2, 0.25) is 5.91 Å². The van der Waals surface area contributed by atoms with E-state index in [1.54, 1.807) is 0 Å². The molecule has 6 rings (SSSR count). The zero-order valence-electron chi connectivity index (χ0n) is 22.0. The molecule has 1 N–H and O–H groups in total. The highest BCUT2D eigenvalue weighted by Crippen LogP contribution is 2.45. The lowest BCUT2D eigenvalue weighted by Gasteiger charge is -2.47. The number of ether oxygens (including phenoxy) is 2. The molecule has 4 aliphatic heterocycles. The van der Waals surface area contributed by atoms with Gasteiger partial charge in [0.15, 0.2) is 0 Å². The largest absolute Gasteiger partial charge is 0.484 e. The maximum Gasteiger partial charge on any atom is 0.246 e. The molecule has 0 bridgehead atoms. The summed E-state index contributed by atoms with van der Waals surface area (Å²) in [7, 11) is 0. The summed E-state index contributed by atoms with van der Waals surface area (Å²) < 4.78 is 12.1. The molecule has 3 fully saturated rings. The van der Waals surface area contributed by atoms with E-state index in [-0.39, 0.29) is 12.0 Å². The molecular formula is C30H35N5O3. The van der Waals surface area contributed by atoms with Crippen LogP contribution in [0, 0.1) is 12.3 Å². The lowest BCUT2D eigenvalue weighted by molar-refractivity contribution is -0.133. The van der Waals surface area contributed by atoms with Crippen LogP contribution in [0.25, 0.3) is 0 Å². The number of piperidine rings is 1. The SMILES string of the molecule is C#Cc1cc2c(cc1C1CCN(C3CN(C(=O)C=C)C3)CC1)Nc1nccc(N3CCOCC3)c1[C@@H](C)O2. The quantitative estimate of drug-likeness (QED) is 0.494. The number of fused-ring (bicyclic) bond motifs is 2. The first-order chi connectivity index (χ1) is 18.6. The average Bonchev–Trinajstić information content (AvgIpc) is 3.07. The summed E-state index contributed by atoms with van der Waals surface area (Å²) in [5, 5.41) is 3.59. The lowest BCUT2D eigenvalue weighted by atomic mass is 9.85. The van der Waals surface area contributed by atoms with Gasteiger partial charge in [-0.2, -0.15) is 0 Å². The molecule has 38 heavy (non-hydrogen) atoms. The second-order valence-corrected chi connectivity index (χ2v) is 10.6. The number of carbonyl (C=O) groups is 1. The minimum atomic E-state index is -0.181. The second-order valence-electron chi connectivity index (χ2n) is 10.6. The lowest BCUT2D eigenvalue weighted by Crippen LogP contribution is -2.61. The number of terminal acetylenes is 1. The molecule has 3 saturated heterocycles. The van der Waals surface area contributed by atoms with Crippen LogP contribution in [0.4, 0.5) is 17.2 Å². The smallest absolute Gasteiger partial charge is 0.246 e. The minimum absolute atomic E-state index is 0.0249. The van der Waals surface area contributed by atoms with Crippen molar-refractivity contribution in [2.45, 2.75) is 37.8 Å². The van der Waals surface area contributed by atoms with Gasteiger partial charge in [-0.25, -0.2) is 4.98 Å². The average molecular weight is 514 g/mol. The summed E-state index contributed by atoms with van der Waals surface area (Å²) >= 11 is 0. The number of nitrogens with zero attached hydrogens (tertiary/aromatic N) is 4. The summed E-state index contributed by atoms with van der Waals surface area (Å²) in [5.41, 5.74) is 5.21. The van der Waals surface area contributed by atoms with E-state index in [1.807, 2.05) is 17.2 Å². The van der Waals surface area contributed by atoms with E-state index in [9.17, 15) is 4.79 Å². The molecule has 1 amide bonds. The molecule has 5 heterocycles. The molecule has 198 valence electrons. The van der Waals surface area contributed by atoms with Crippen LogP contribution in [0.2, 0.25) is 0 Å². The fourth-order valence-electron chi connectivity index (χ4n) is 6.25. The Morgan fingerprint density at radius 3 is 2.68 bits per heavy atom. The van der Waals surface area contributed by atoms with Crippen LogP contribution in [0.1, 0.15) is 48.5 Å². The summed E-state index contributed by atoms with van der Waals surface area (Å²) in [6.07, 6.45) is 11.2. The minimum Gasteiger partial charge on any atom is -0.484 e. The number of aromatic nitrogens is 1. The van der Waals surface area contributed by atoms with Crippen molar-refractivity contribution >= 4 is 23.1 Å². The molecule has 0 aliphatic carbocycles. The van der Waals surface area contributed by atoms with E-state index in [2.05, 4.69) is 46.7 Å². The number of hydrogen-bond donors (Lipinski definition) is 1. The highest BCUT2D eigenvalue weighted by Gasteiger charge is 2.36. The Labute approximate surface area is 224 Å². The predicted octanol–water partition coefficient (Wildman–Crippen LogP) is 3.67. The molecule has 4 aliphatic rings. The maximum absolute atomic E-state index is 11.8. The van der Waals surface area contributed by atoms with Crippen molar-refractivity contribution in [2.75, 3.05) is 62.7 Å². The van der Waals surface area contributed by atoms with E-state index < -0.39 is 0 Å². The van der Waals surface area contributed by atoms with Crippen molar-refractivity contribution in [1.82, 2.24) is 14.8 Å². The number of hydrogen-bond acceptors (Lipinski definition) is 7. The standard InChI is InChI=1S/C30H35N5O3/c1-4-21-16-27-25(17-24(21)22-7-10-33(11-8-22)23-18-35(19-23)28(36)5-2)32-30-29(20(3)38-27)26(6-9-31-30)34-12-14-37-15-13-34/h1,5-6,9,16-17,20,22-23H,2,7-8,10-15,18-19H2,3H3,(H,31,32)/t20-/m1/s1. The van der Waals surface area contributed by atoms with Gasteiger partial charge in [0.05, 0.1) is 24.5 Å². The number of benzene rings is 1. The molecule has 0 spiro atoms. The number of nitrogens with one attached hydrogen (secondary N) is 1. The third-order valence-electron chi connectivity index (χ3n) is 8.42. The van der Waals surface area contributed by atoms with Crippen molar-refractivity contribution in [3.05, 3.63) is 53.7 Å². The Hall–Kier alpha value is -3.54. The Morgan fingerprint density at radius 1 is 1.21 bits per heavy atom. The van der Waals surface area contributed by atoms with Crippen molar-refractivity contribution in [3.8, 4) is 18.1 Å². The number of carbonyl (C=O) groups excluding carboxylic acids is 1. The normalized spacial score (nSPS) is 22.2. The van der Waals surface area contributed by atoms with E-state index in [0.717, 1.165) is 99.4 Å². The van der Waals surface area contributed by atoms with Crippen molar-refractivity contribution in [3.63, 3.8) is 0 Å². The van der Waals surface area contributed by atoms with E-state index in [4.69, 9.17) is 20.9 Å². The maximum atomic E-state index is 11.8. The van der Waals surface area contributed by atoms with Gasteiger partial charge in [0.1, 0.15) is 17.7 Å². The highest BCUT2D eigenvalue weighted by atomic mass is 16.5. The number of amides is 1. The summed E-state index contributed by atoms with van der Waals surface area (Å²) in [6, 6.07) is 6.72. The fraction of sp³-hybridized carbons (Fsp3) is 0.467. The molecule has 1 aromatic carbocycles.